The molecule has 0 heterocycles. The van der Waals surface area contributed by atoms with Gasteiger partial charge in [0.2, 0.25) is 0 Å². The average Bonchev–Trinajstić information content (AvgIpc) is 2.12. The Kier molecular flexibility index (Phi) is 2.81. The predicted molar refractivity (Wildman–Crippen MR) is 69.4 cm³/mol. The molecule has 0 amide bonds. The van der Waals surface area contributed by atoms with E-state index in [9.17, 15) is 0 Å². The minimum atomic E-state index is 0.809. The molecule has 0 atom stereocenters. The van der Waals surface area contributed by atoms with Gasteiger partial charge in [-0.15, -0.1) is 0 Å². The van der Waals surface area contributed by atoms with Gasteiger partial charge < -0.3 is 0 Å². The molecule has 2 aromatic rings. The second kappa shape index (κ2) is 3.75. The van der Waals surface area contributed by atoms with Crippen LogP contribution in [0.25, 0.3) is 10.8 Å². The van der Waals surface area contributed by atoms with Crippen molar-refractivity contribution in [2.75, 3.05) is 0 Å². The Bertz CT molecular complexity index is 459. The van der Waals surface area contributed by atoms with Crippen LogP contribution >= 0.6 is 50.1 Å². The van der Waals surface area contributed by atoms with Gasteiger partial charge in [-0.3, -0.25) is 0 Å². The highest BCUT2D eigenvalue weighted by atomic mass is 127. The minimum absolute atomic E-state index is 0.809. The summed E-state index contributed by atoms with van der Waals surface area (Å²) in [6, 6.07) is 10.0. The van der Waals surface area contributed by atoms with Crippen LogP contribution in [0.4, 0.5) is 0 Å². The Hall–Kier alpha value is 0.200. The van der Waals surface area contributed by atoms with Crippen molar-refractivity contribution < 1.29 is 0 Å². The van der Waals surface area contributed by atoms with Gasteiger partial charge in [0.1, 0.15) is 0 Å². The van der Waals surface area contributed by atoms with Gasteiger partial charge in [0.05, 0.1) is 0 Å². The molecule has 66 valence electrons. The summed E-state index contributed by atoms with van der Waals surface area (Å²) in [5, 5.41) is 3.10. The van der Waals surface area contributed by atoms with E-state index in [1.165, 1.54) is 8.96 Å². The third-order valence-electron chi connectivity index (χ3n) is 1.89. The van der Waals surface area contributed by atoms with E-state index in [-0.39, 0.29) is 0 Å². The van der Waals surface area contributed by atoms with Crippen LogP contribution in [0.5, 0.6) is 0 Å². The summed E-state index contributed by atoms with van der Waals surface area (Å²) in [7, 11) is 0. The van der Waals surface area contributed by atoms with Crippen LogP contribution in [0.3, 0.4) is 0 Å². The van der Waals surface area contributed by atoms with Gasteiger partial charge in [0.15, 0.2) is 0 Å². The van der Waals surface area contributed by atoms with Crippen LogP contribution in [0.1, 0.15) is 0 Å². The van der Waals surface area contributed by atoms with Crippen molar-refractivity contribution in [1.82, 2.24) is 0 Å². The maximum atomic E-state index is 6.11. The number of benzene rings is 2. The molecule has 2 rings (SSSR count). The van der Waals surface area contributed by atoms with E-state index >= 15 is 0 Å². The van der Waals surface area contributed by atoms with Crippen LogP contribution in [0, 0.1) is 3.57 Å². The molecule has 0 bridgehead atoms. The molecule has 0 spiro atoms. The summed E-state index contributed by atoms with van der Waals surface area (Å²) in [4.78, 5) is 0. The van der Waals surface area contributed by atoms with E-state index < -0.39 is 0 Å². The lowest BCUT2D eigenvalue weighted by Gasteiger charge is -2.04. The Morgan fingerprint density at radius 2 is 1.92 bits per heavy atom. The molecule has 0 N–H and O–H groups in total. The second-order valence-corrected chi connectivity index (χ2v) is 5.12. The van der Waals surface area contributed by atoms with E-state index in [0.717, 1.165) is 14.9 Å². The lowest BCUT2D eigenvalue weighted by Crippen LogP contribution is -1.80. The van der Waals surface area contributed by atoms with Gasteiger partial charge in [-0.2, -0.15) is 0 Å². The van der Waals surface area contributed by atoms with Crippen molar-refractivity contribution in [2.24, 2.45) is 0 Å². The van der Waals surface area contributed by atoms with Gasteiger partial charge in [-0.25, -0.2) is 0 Å². The van der Waals surface area contributed by atoms with Crippen LogP contribution < -0.4 is 0 Å². The van der Waals surface area contributed by atoms with Crippen molar-refractivity contribution >= 4 is 60.9 Å². The quantitative estimate of drug-likeness (QED) is 0.584. The lowest BCUT2D eigenvalue weighted by molar-refractivity contribution is 1.67. The van der Waals surface area contributed by atoms with Gasteiger partial charge in [0, 0.05) is 18.5 Å². The van der Waals surface area contributed by atoms with Crippen molar-refractivity contribution in [3.63, 3.8) is 0 Å². The molecule has 0 aliphatic rings. The first-order valence-electron chi connectivity index (χ1n) is 3.72. The predicted octanol–water partition coefficient (Wildman–Crippen LogP) is 4.86. The molecular formula is C10H5BrClI. The smallest absolute Gasteiger partial charge is 0.0495 e. The third kappa shape index (κ3) is 1.72. The van der Waals surface area contributed by atoms with Crippen LogP contribution in [-0.2, 0) is 0 Å². The Morgan fingerprint density at radius 1 is 1.15 bits per heavy atom. The van der Waals surface area contributed by atoms with Crippen LogP contribution in [-0.4, -0.2) is 0 Å². The number of hydrogen-bond acceptors (Lipinski definition) is 0. The van der Waals surface area contributed by atoms with E-state index in [4.69, 9.17) is 11.6 Å². The van der Waals surface area contributed by atoms with E-state index in [2.05, 4.69) is 50.7 Å². The fraction of sp³-hybridized carbons (Fsp3) is 0. The Balaban J connectivity index is 3.00. The monoisotopic (exact) mass is 366 g/mol. The zero-order valence-corrected chi connectivity index (χ0v) is 11.0. The average molecular weight is 367 g/mol. The summed E-state index contributed by atoms with van der Waals surface area (Å²) in [5.74, 6) is 0. The molecule has 0 fully saturated rings. The third-order valence-corrected chi connectivity index (χ3v) is 3.79. The topological polar surface area (TPSA) is 0 Å². The van der Waals surface area contributed by atoms with Gasteiger partial charge >= 0.3 is 0 Å². The molecule has 13 heavy (non-hydrogen) atoms. The molecule has 0 saturated carbocycles. The first kappa shape index (κ1) is 9.74. The molecule has 0 radical (unpaired) electrons. The van der Waals surface area contributed by atoms with Crippen molar-refractivity contribution in [1.29, 1.82) is 0 Å². The zero-order chi connectivity index (χ0) is 9.42. The number of hydrogen-bond donors (Lipinski definition) is 0. The fourth-order valence-electron chi connectivity index (χ4n) is 1.29. The summed E-state index contributed by atoms with van der Waals surface area (Å²) in [6.07, 6.45) is 0. The molecular weight excluding hydrogens is 362 g/mol. The molecule has 0 unspecified atom stereocenters. The summed E-state index contributed by atoms with van der Waals surface area (Å²) in [5.41, 5.74) is 0. The number of rotatable bonds is 0. The number of halogens is 3. The minimum Gasteiger partial charge on any atom is -0.0836 e. The lowest BCUT2D eigenvalue weighted by atomic mass is 10.1. The summed E-state index contributed by atoms with van der Waals surface area (Å²) in [6.45, 7) is 0. The summed E-state index contributed by atoms with van der Waals surface area (Å²) >= 11 is 11.9. The first-order chi connectivity index (χ1) is 6.20. The fourth-order valence-corrected chi connectivity index (χ4v) is 2.96. The first-order valence-corrected chi connectivity index (χ1v) is 5.97. The van der Waals surface area contributed by atoms with Crippen molar-refractivity contribution in [2.45, 2.75) is 0 Å². The standard InChI is InChI=1S/C10H5BrClI/c11-7-4-5-8(12)10-6(7)2-1-3-9(10)13/h1-5H. The maximum absolute atomic E-state index is 6.11. The second-order valence-electron chi connectivity index (χ2n) is 2.69. The number of fused-ring (bicyclic) bond motifs is 1. The van der Waals surface area contributed by atoms with Gasteiger partial charge in [-0.05, 0) is 46.2 Å². The largest absolute Gasteiger partial charge is 0.0836 e. The molecule has 0 aliphatic heterocycles. The Labute approximate surface area is 104 Å². The van der Waals surface area contributed by atoms with Gasteiger partial charge in [0.25, 0.3) is 0 Å². The molecule has 0 nitrogen and oxygen atoms in total. The van der Waals surface area contributed by atoms with Crippen molar-refractivity contribution in [3.05, 3.63) is 43.4 Å². The van der Waals surface area contributed by atoms with E-state index in [1.807, 2.05) is 18.2 Å². The maximum Gasteiger partial charge on any atom is 0.0495 e. The SMILES string of the molecule is Clc1ccc(Br)c2cccc(I)c12. The molecule has 0 aliphatic carbocycles. The Morgan fingerprint density at radius 3 is 2.62 bits per heavy atom. The highest BCUT2D eigenvalue weighted by Gasteiger charge is 2.04. The van der Waals surface area contributed by atoms with Crippen molar-refractivity contribution in [3.8, 4) is 0 Å². The summed E-state index contributed by atoms with van der Waals surface area (Å²) < 4.78 is 2.27. The van der Waals surface area contributed by atoms with E-state index in [1.54, 1.807) is 0 Å². The molecule has 3 heteroatoms. The van der Waals surface area contributed by atoms with E-state index in [0.29, 0.717) is 0 Å². The van der Waals surface area contributed by atoms with Crippen LogP contribution in [0.2, 0.25) is 5.02 Å². The molecule has 0 saturated heterocycles. The normalized spacial score (nSPS) is 10.7. The molecule has 0 aromatic heterocycles. The molecule has 2 aromatic carbocycles. The van der Waals surface area contributed by atoms with Crippen LogP contribution in [0.15, 0.2) is 34.8 Å². The highest BCUT2D eigenvalue weighted by Crippen LogP contribution is 2.32. The van der Waals surface area contributed by atoms with Gasteiger partial charge in [-0.1, -0.05) is 39.7 Å². The highest BCUT2D eigenvalue weighted by molar-refractivity contribution is 14.1. The zero-order valence-electron chi connectivity index (χ0n) is 6.52.